The van der Waals surface area contributed by atoms with Crippen LogP contribution in [0.5, 0.6) is 0 Å². The third-order valence-electron chi connectivity index (χ3n) is 4.81. The number of hydrogen-bond acceptors (Lipinski definition) is 4. The maximum absolute atomic E-state index is 13.5. The molecule has 0 saturated heterocycles. The van der Waals surface area contributed by atoms with Gasteiger partial charge in [0.25, 0.3) is 5.91 Å². The van der Waals surface area contributed by atoms with Gasteiger partial charge in [-0.15, -0.1) is 0 Å². The van der Waals surface area contributed by atoms with Gasteiger partial charge in [-0.2, -0.15) is 0 Å². The highest BCUT2D eigenvalue weighted by Gasteiger charge is 2.10. The van der Waals surface area contributed by atoms with E-state index in [2.05, 4.69) is 20.6 Å². The van der Waals surface area contributed by atoms with E-state index in [1.807, 2.05) is 38.1 Å². The Balaban J connectivity index is 1.52. The first kappa shape index (κ1) is 20.2. The molecular weight excluding hydrogens is 391 g/mol. The lowest BCUT2D eigenvalue weighted by Gasteiger charge is -2.11. The summed E-state index contributed by atoms with van der Waals surface area (Å²) in [7, 11) is 0. The Morgan fingerprint density at radius 1 is 0.903 bits per heavy atom. The van der Waals surface area contributed by atoms with E-state index in [1.165, 1.54) is 18.5 Å². The molecule has 154 valence electrons. The molecule has 0 aliphatic carbocycles. The molecule has 1 amide bonds. The van der Waals surface area contributed by atoms with Gasteiger partial charge in [0, 0.05) is 28.6 Å². The Labute approximate surface area is 180 Å². The summed E-state index contributed by atoms with van der Waals surface area (Å²) in [4.78, 5) is 21.2. The summed E-state index contributed by atoms with van der Waals surface area (Å²) in [5.74, 6) is 0.0214. The van der Waals surface area contributed by atoms with Crippen molar-refractivity contribution in [1.82, 2.24) is 9.97 Å². The molecule has 4 aromatic rings. The number of benzene rings is 3. The summed E-state index contributed by atoms with van der Waals surface area (Å²) in [6.07, 6.45) is 1.42. The quantitative estimate of drug-likeness (QED) is 0.429. The van der Waals surface area contributed by atoms with Crippen LogP contribution < -0.4 is 10.6 Å². The molecule has 0 aliphatic rings. The number of aromatic nitrogens is 2. The molecule has 0 atom stereocenters. The second-order valence-corrected chi connectivity index (χ2v) is 7.28. The third kappa shape index (κ3) is 4.93. The van der Waals surface area contributed by atoms with Gasteiger partial charge < -0.3 is 10.6 Å². The molecule has 0 aliphatic heterocycles. The minimum absolute atomic E-state index is 0.196. The van der Waals surface area contributed by atoms with E-state index in [0.29, 0.717) is 28.3 Å². The highest BCUT2D eigenvalue weighted by molar-refractivity contribution is 6.05. The van der Waals surface area contributed by atoms with E-state index in [4.69, 9.17) is 0 Å². The fourth-order valence-corrected chi connectivity index (χ4v) is 3.27. The molecule has 31 heavy (non-hydrogen) atoms. The van der Waals surface area contributed by atoms with Gasteiger partial charge in [-0.1, -0.05) is 35.9 Å². The summed E-state index contributed by atoms with van der Waals surface area (Å²) in [5.41, 5.74) is 5.41. The second-order valence-electron chi connectivity index (χ2n) is 7.28. The van der Waals surface area contributed by atoms with Crippen molar-refractivity contribution < 1.29 is 9.18 Å². The molecule has 0 bridgehead atoms. The fourth-order valence-electron chi connectivity index (χ4n) is 3.27. The van der Waals surface area contributed by atoms with Gasteiger partial charge in [0.2, 0.25) is 0 Å². The predicted molar refractivity (Wildman–Crippen MR) is 121 cm³/mol. The Bertz CT molecular complexity index is 1260. The fraction of sp³-hybridized carbons (Fsp3) is 0.0800. The highest BCUT2D eigenvalue weighted by Crippen LogP contribution is 2.23. The molecule has 6 heteroatoms. The van der Waals surface area contributed by atoms with Gasteiger partial charge in [0.1, 0.15) is 18.0 Å². The Kier molecular flexibility index (Phi) is 5.71. The van der Waals surface area contributed by atoms with Crippen molar-refractivity contribution in [3.63, 3.8) is 0 Å². The van der Waals surface area contributed by atoms with E-state index < -0.39 is 0 Å². The van der Waals surface area contributed by atoms with E-state index in [9.17, 15) is 9.18 Å². The molecule has 1 aromatic heterocycles. The van der Waals surface area contributed by atoms with Crippen molar-refractivity contribution in [2.24, 2.45) is 0 Å². The van der Waals surface area contributed by atoms with Crippen molar-refractivity contribution in [2.75, 3.05) is 10.6 Å². The molecule has 0 radical (unpaired) electrons. The standard InChI is InChI=1S/C25H21FN4O/c1-16-9-10-22(17(2)11-16)30-25(31)19-6-4-8-21(13-19)29-24-14-23(27-15-28-24)18-5-3-7-20(26)12-18/h3-15H,1-2H3,(H,30,31)(H,27,28,29). The minimum Gasteiger partial charge on any atom is -0.340 e. The number of anilines is 3. The smallest absolute Gasteiger partial charge is 0.255 e. The number of amides is 1. The minimum atomic E-state index is -0.326. The van der Waals surface area contributed by atoms with Crippen LogP contribution in [0.2, 0.25) is 0 Å². The third-order valence-corrected chi connectivity index (χ3v) is 4.81. The molecule has 0 fully saturated rings. The lowest BCUT2D eigenvalue weighted by atomic mass is 10.1. The first-order chi connectivity index (χ1) is 15.0. The number of halogens is 1. The summed E-state index contributed by atoms with van der Waals surface area (Å²) in [6.45, 7) is 3.98. The van der Waals surface area contributed by atoms with Crippen LogP contribution in [0.15, 0.2) is 79.1 Å². The largest absolute Gasteiger partial charge is 0.340 e. The average Bonchev–Trinajstić information content (AvgIpc) is 2.76. The molecule has 3 aromatic carbocycles. The number of nitrogens with zero attached hydrogens (tertiary/aromatic N) is 2. The van der Waals surface area contributed by atoms with Crippen LogP contribution in [0.4, 0.5) is 21.6 Å². The number of hydrogen-bond donors (Lipinski definition) is 2. The van der Waals surface area contributed by atoms with Gasteiger partial charge in [0.05, 0.1) is 5.69 Å². The van der Waals surface area contributed by atoms with Crippen LogP contribution in [0, 0.1) is 19.7 Å². The Morgan fingerprint density at radius 2 is 1.74 bits per heavy atom. The predicted octanol–water partition coefficient (Wildman–Crippen LogP) is 5.90. The normalized spacial score (nSPS) is 10.5. The number of carbonyl (C=O) groups is 1. The van der Waals surface area contributed by atoms with Gasteiger partial charge in [0.15, 0.2) is 0 Å². The monoisotopic (exact) mass is 412 g/mol. The average molecular weight is 412 g/mol. The summed E-state index contributed by atoms with van der Waals surface area (Å²) in [6, 6.07) is 21.0. The topological polar surface area (TPSA) is 66.9 Å². The molecule has 4 rings (SSSR count). The number of nitrogens with one attached hydrogen (secondary N) is 2. The molecule has 2 N–H and O–H groups in total. The zero-order valence-electron chi connectivity index (χ0n) is 17.2. The number of rotatable bonds is 5. The Morgan fingerprint density at radius 3 is 2.55 bits per heavy atom. The van der Waals surface area contributed by atoms with E-state index in [-0.39, 0.29) is 11.7 Å². The van der Waals surface area contributed by atoms with Gasteiger partial charge in [-0.05, 0) is 55.8 Å². The molecule has 1 heterocycles. The van der Waals surface area contributed by atoms with Crippen LogP contribution in [0.3, 0.4) is 0 Å². The zero-order valence-corrected chi connectivity index (χ0v) is 17.2. The van der Waals surface area contributed by atoms with Crippen LogP contribution in [0.1, 0.15) is 21.5 Å². The van der Waals surface area contributed by atoms with Gasteiger partial charge in [-0.3, -0.25) is 4.79 Å². The first-order valence-electron chi connectivity index (χ1n) is 9.81. The molecule has 5 nitrogen and oxygen atoms in total. The van der Waals surface area contributed by atoms with Crippen molar-refractivity contribution >= 4 is 23.1 Å². The summed E-state index contributed by atoms with van der Waals surface area (Å²) >= 11 is 0. The van der Waals surface area contributed by atoms with Crippen LogP contribution in [-0.4, -0.2) is 15.9 Å². The van der Waals surface area contributed by atoms with E-state index in [0.717, 1.165) is 16.8 Å². The van der Waals surface area contributed by atoms with Crippen LogP contribution in [0.25, 0.3) is 11.3 Å². The summed E-state index contributed by atoms with van der Waals surface area (Å²) < 4.78 is 13.5. The molecule has 0 spiro atoms. The van der Waals surface area contributed by atoms with E-state index >= 15 is 0 Å². The highest BCUT2D eigenvalue weighted by atomic mass is 19.1. The maximum atomic E-state index is 13.5. The number of aryl methyl sites for hydroxylation is 2. The maximum Gasteiger partial charge on any atom is 0.255 e. The van der Waals surface area contributed by atoms with Crippen molar-refractivity contribution in [3.05, 3.63) is 102 Å². The van der Waals surface area contributed by atoms with Crippen molar-refractivity contribution in [3.8, 4) is 11.3 Å². The second kappa shape index (κ2) is 8.75. The zero-order chi connectivity index (χ0) is 21.8. The lowest BCUT2D eigenvalue weighted by molar-refractivity contribution is 0.102. The molecular formula is C25H21FN4O. The number of carbonyl (C=O) groups excluding carboxylic acids is 1. The summed E-state index contributed by atoms with van der Waals surface area (Å²) in [5, 5.41) is 6.13. The van der Waals surface area contributed by atoms with Gasteiger partial charge in [-0.25, -0.2) is 14.4 Å². The first-order valence-corrected chi connectivity index (χ1v) is 9.81. The van der Waals surface area contributed by atoms with Crippen LogP contribution >= 0.6 is 0 Å². The van der Waals surface area contributed by atoms with Crippen LogP contribution in [-0.2, 0) is 0 Å². The Hall–Kier alpha value is -4.06. The lowest BCUT2D eigenvalue weighted by Crippen LogP contribution is -2.13. The van der Waals surface area contributed by atoms with Crippen molar-refractivity contribution in [2.45, 2.75) is 13.8 Å². The molecule has 0 saturated carbocycles. The van der Waals surface area contributed by atoms with E-state index in [1.54, 1.807) is 36.4 Å². The molecule has 0 unspecified atom stereocenters. The SMILES string of the molecule is Cc1ccc(NC(=O)c2cccc(Nc3cc(-c4cccc(F)c4)ncn3)c2)c(C)c1. The van der Waals surface area contributed by atoms with Crippen molar-refractivity contribution in [1.29, 1.82) is 0 Å². The van der Waals surface area contributed by atoms with Gasteiger partial charge >= 0.3 is 0 Å².